The van der Waals surface area contributed by atoms with Crippen molar-refractivity contribution in [2.75, 3.05) is 14.2 Å². The van der Waals surface area contributed by atoms with Crippen LogP contribution in [0.2, 0.25) is 5.02 Å². The van der Waals surface area contributed by atoms with Crippen LogP contribution in [0.4, 0.5) is 0 Å². The molecule has 0 heterocycles. The lowest BCUT2D eigenvalue weighted by atomic mass is 9.97. The van der Waals surface area contributed by atoms with E-state index in [4.69, 9.17) is 26.8 Å². The van der Waals surface area contributed by atoms with E-state index in [0.29, 0.717) is 22.4 Å². The minimum atomic E-state index is -0.0812. The fourth-order valence-corrected chi connectivity index (χ4v) is 2.08. The average Bonchev–Trinajstić information content (AvgIpc) is 2.27. The number of hydrogen-bond donors (Lipinski definition) is 1. The van der Waals surface area contributed by atoms with Crippen molar-refractivity contribution in [2.45, 2.75) is 26.3 Å². The Hall–Kier alpha value is -0.930. The van der Waals surface area contributed by atoms with Crippen molar-refractivity contribution in [1.29, 1.82) is 0 Å². The monoisotopic (exact) mass is 257 g/mol. The molecule has 3 nitrogen and oxygen atoms in total. The van der Waals surface area contributed by atoms with Crippen LogP contribution in [-0.4, -0.2) is 14.2 Å². The molecule has 1 aromatic rings. The highest BCUT2D eigenvalue weighted by atomic mass is 35.5. The summed E-state index contributed by atoms with van der Waals surface area (Å²) in [5.74, 6) is 1.80. The Morgan fingerprint density at radius 1 is 1.18 bits per heavy atom. The number of ether oxygens (including phenoxy) is 2. The minimum Gasteiger partial charge on any atom is -0.493 e. The zero-order valence-corrected chi connectivity index (χ0v) is 11.5. The zero-order chi connectivity index (χ0) is 13.0. The Morgan fingerprint density at radius 3 is 2.18 bits per heavy atom. The quantitative estimate of drug-likeness (QED) is 0.879. The summed E-state index contributed by atoms with van der Waals surface area (Å²) in [6.07, 6.45) is 0.884. The van der Waals surface area contributed by atoms with Crippen LogP contribution < -0.4 is 15.2 Å². The number of nitrogens with two attached hydrogens (primary N) is 1. The van der Waals surface area contributed by atoms with Crippen molar-refractivity contribution in [1.82, 2.24) is 0 Å². The van der Waals surface area contributed by atoms with Crippen LogP contribution in [-0.2, 0) is 0 Å². The Labute approximate surface area is 108 Å². The van der Waals surface area contributed by atoms with Gasteiger partial charge in [0, 0.05) is 17.1 Å². The number of halogens is 1. The van der Waals surface area contributed by atoms with Gasteiger partial charge in [0.2, 0.25) is 0 Å². The van der Waals surface area contributed by atoms with E-state index in [1.807, 2.05) is 6.07 Å². The van der Waals surface area contributed by atoms with E-state index in [-0.39, 0.29) is 6.04 Å². The van der Waals surface area contributed by atoms with Gasteiger partial charge in [-0.25, -0.2) is 0 Å². The van der Waals surface area contributed by atoms with Crippen molar-refractivity contribution in [3.8, 4) is 11.5 Å². The van der Waals surface area contributed by atoms with Crippen LogP contribution in [0.25, 0.3) is 0 Å². The zero-order valence-electron chi connectivity index (χ0n) is 10.8. The predicted octanol–water partition coefficient (Wildman–Crippen LogP) is 3.40. The fraction of sp³-hybridized carbons (Fsp3) is 0.538. The summed E-state index contributed by atoms with van der Waals surface area (Å²) in [7, 11) is 3.19. The van der Waals surface area contributed by atoms with Crippen LogP contribution in [0.15, 0.2) is 12.1 Å². The number of rotatable bonds is 5. The third-order valence-electron chi connectivity index (χ3n) is 2.63. The topological polar surface area (TPSA) is 44.5 Å². The molecular formula is C13H20ClNO2. The van der Waals surface area contributed by atoms with E-state index >= 15 is 0 Å². The largest absolute Gasteiger partial charge is 0.493 e. The van der Waals surface area contributed by atoms with Gasteiger partial charge in [0.1, 0.15) is 0 Å². The molecule has 4 heteroatoms. The summed E-state index contributed by atoms with van der Waals surface area (Å²) in [5, 5.41) is 0.621. The maximum Gasteiger partial charge on any atom is 0.162 e. The summed E-state index contributed by atoms with van der Waals surface area (Å²) in [6, 6.07) is 3.52. The Balaban J connectivity index is 3.07. The normalized spacial score (nSPS) is 12.6. The summed E-state index contributed by atoms with van der Waals surface area (Å²) in [6.45, 7) is 4.27. The van der Waals surface area contributed by atoms with E-state index in [1.54, 1.807) is 20.3 Å². The standard InChI is InChI=1S/C13H20ClNO2/c1-8(2)5-11(15)9-6-12(16-3)13(17-4)7-10(9)14/h6-8,11H,5,15H2,1-4H3. The Bertz CT molecular complexity index is 380. The summed E-state index contributed by atoms with van der Waals surface area (Å²) < 4.78 is 10.4. The van der Waals surface area contributed by atoms with Gasteiger partial charge in [-0.3, -0.25) is 0 Å². The molecule has 0 fully saturated rings. The molecule has 0 aromatic heterocycles. The molecule has 2 N–H and O–H groups in total. The predicted molar refractivity (Wildman–Crippen MR) is 70.9 cm³/mol. The van der Waals surface area contributed by atoms with Gasteiger partial charge < -0.3 is 15.2 Å². The van der Waals surface area contributed by atoms with Crippen LogP contribution in [0.1, 0.15) is 31.9 Å². The lowest BCUT2D eigenvalue weighted by Crippen LogP contribution is -2.13. The van der Waals surface area contributed by atoms with Gasteiger partial charge >= 0.3 is 0 Å². The van der Waals surface area contributed by atoms with E-state index in [0.717, 1.165) is 12.0 Å². The van der Waals surface area contributed by atoms with Crippen molar-refractivity contribution in [3.63, 3.8) is 0 Å². The van der Waals surface area contributed by atoms with Gasteiger partial charge in [-0.2, -0.15) is 0 Å². The summed E-state index contributed by atoms with van der Waals surface area (Å²) in [4.78, 5) is 0. The average molecular weight is 258 g/mol. The van der Waals surface area contributed by atoms with E-state index in [1.165, 1.54) is 0 Å². The first kappa shape index (κ1) is 14.1. The lowest BCUT2D eigenvalue weighted by Gasteiger charge is -2.18. The van der Waals surface area contributed by atoms with Gasteiger partial charge in [0.15, 0.2) is 11.5 Å². The number of benzene rings is 1. The fourth-order valence-electron chi connectivity index (χ4n) is 1.79. The highest BCUT2D eigenvalue weighted by Gasteiger charge is 2.16. The molecule has 0 aliphatic rings. The molecule has 1 rings (SSSR count). The highest BCUT2D eigenvalue weighted by molar-refractivity contribution is 6.31. The van der Waals surface area contributed by atoms with Crippen LogP contribution in [0.3, 0.4) is 0 Å². The first-order valence-corrected chi connectivity index (χ1v) is 6.04. The van der Waals surface area contributed by atoms with Gasteiger partial charge in [0.05, 0.1) is 14.2 Å². The molecule has 0 aliphatic heterocycles. The van der Waals surface area contributed by atoms with E-state index < -0.39 is 0 Å². The number of methoxy groups -OCH3 is 2. The van der Waals surface area contributed by atoms with Crippen LogP contribution >= 0.6 is 11.6 Å². The molecule has 0 bridgehead atoms. The Morgan fingerprint density at radius 2 is 1.71 bits per heavy atom. The highest BCUT2D eigenvalue weighted by Crippen LogP contribution is 2.36. The minimum absolute atomic E-state index is 0.0812. The maximum atomic E-state index is 6.20. The third kappa shape index (κ3) is 3.51. The molecule has 0 saturated carbocycles. The molecule has 17 heavy (non-hydrogen) atoms. The first-order valence-electron chi connectivity index (χ1n) is 5.66. The summed E-state index contributed by atoms with van der Waals surface area (Å²) >= 11 is 6.20. The van der Waals surface area contributed by atoms with Gasteiger partial charge in [-0.15, -0.1) is 0 Å². The first-order chi connectivity index (χ1) is 7.99. The second-order valence-electron chi connectivity index (χ2n) is 4.46. The molecule has 0 radical (unpaired) electrons. The molecule has 1 unspecified atom stereocenters. The van der Waals surface area contributed by atoms with Crippen LogP contribution in [0, 0.1) is 5.92 Å². The molecule has 1 atom stereocenters. The van der Waals surface area contributed by atoms with Crippen molar-refractivity contribution < 1.29 is 9.47 Å². The van der Waals surface area contributed by atoms with Crippen molar-refractivity contribution in [3.05, 3.63) is 22.7 Å². The Kier molecular flexibility index (Phi) is 5.09. The van der Waals surface area contributed by atoms with Crippen LogP contribution in [0.5, 0.6) is 11.5 Å². The molecule has 0 saturated heterocycles. The SMILES string of the molecule is COc1cc(Cl)c(C(N)CC(C)C)cc1OC. The van der Waals surface area contributed by atoms with Crippen molar-refractivity contribution >= 4 is 11.6 Å². The van der Waals surface area contributed by atoms with E-state index in [9.17, 15) is 0 Å². The second kappa shape index (κ2) is 6.12. The van der Waals surface area contributed by atoms with Gasteiger partial charge in [-0.1, -0.05) is 25.4 Å². The molecule has 0 spiro atoms. The molecule has 96 valence electrons. The van der Waals surface area contributed by atoms with Crippen molar-refractivity contribution in [2.24, 2.45) is 11.7 Å². The van der Waals surface area contributed by atoms with Gasteiger partial charge in [-0.05, 0) is 24.0 Å². The molecule has 0 amide bonds. The van der Waals surface area contributed by atoms with E-state index in [2.05, 4.69) is 13.8 Å². The number of hydrogen-bond acceptors (Lipinski definition) is 3. The molecule has 1 aromatic carbocycles. The summed E-state index contributed by atoms with van der Waals surface area (Å²) in [5.41, 5.74) is 7.03. The third-order valence-corrected chi connectivity index (χ3v) is 2.96. The molecular weight excluding hydrogens is 238 g/mol. The second-order valence-corrected chi connectivity index (χ2v) is 4.87. The lowest BCUT2D eigenvalue weighted by molar-refractivity contribution is 0.354. The van der Waals surface area contributed by atoms with Gasteiger partial charge in [0.25, 0.3) is 0 Å². The molecule has 0 aliphatic carbocycles. The smallest absolute Gasteiger partial charge is 0.162 e. The maximum absolute atomic E-state index is 6.20.